The number of isocyanates is 1. The first-order chi connectivity index (χ1) is 9.78. The van der Waals surface area contributed by atoms with E-state index < -0.39 is 0 Å². The molecule has 0 unspecified atom stereocenters. The lowest BCUT2D eigenvalue weighted by Crippen LogP contribution is -2.07. The average molecular weight is 267 g/mol. The van der Waals surface area contributed by atoms with Crippen LogP contribution in [0.5, 0.6) is 0 Å². The summed E-state index contributed by atoms with van der Waals surface area (Å²) in [5.41, 5.74) is 2.30. The SMILES string of the molecule is O=C=Nc1ccc(COC(=O)Cc2ccccc2)cc1. The average Bonchev–Trinajstić information content (AvgIpc) is 2.48. The zero-order valence-corrected chi connectivity index (χ0v) is 10.8. The second-order valence-electron chi connectivity index (χ2n) is 4.19. The fraction of sp³-hybridized carbons (Fsp3) is 0.125. The first-order valence-electron chi connectivity index (χ1n) is 6.14. The maximum absolute atomic E-state index is 11.7. The number of aliphatic imine (C=N–C) groups is 1. The Morgan fingerprint density at radius 1 is 1.00 bits per heavy atom. The standard InChI is InChI=1S/C16H13NO3/c18-12-17-15-8-6-14(7-9-15)11-20-16(19)10-13-4-2-1-3-5-13/h1-9H,10-11H2. The van der Waals surface area contributed by atoms with Crippen LogP contribution >= 0.6 is 0 Å². The molecule has 0 spiro atoms. The highest BCUT2D eigenvalue weighted by atomic mass is 16.5. The van der Waals surface area contributed by atoms with Crippen LogP contribution < -0.4 is 0 Å². The summed E-state index contributed by atoms with van der Waals surface area (Å²) in [7, 11) is 0. The highest BCUT2D eigenvalue weighted by Crippen LogP contribution is 2.13. The highest BCUT2D eigenvalue weighted by molar-refractivity contribution is 5.72. The summed E-state index contributed by atoms with van der Waals surface area (Å²) in [6.45, 7) is 0.205. The molecule has 0 atom stereocenters. The van der Waals surface area contributed by atoms with Crippen LogP contribution in [-0.4, -0.2) is 12.0 Å². The fourth-order valence-corrected chi connectivity index (χ4v) is 1.70. The van der Waals surface area contributed by atoms with Crippen LogP contribution in [0.4, 0.5) is 5.69 Å². The molecule has 0 heterocycles. The summed E-state index contributed by atoms with van der Waals surface area (Å²) in [6, 6.07) is 16.3. The van der Waals surface area contributed by atoms with Crippen molar-refractivity contribution in [3.63, 3.8) is 0 Å². The maximum atomic E-state index is 11.7. The van der Waals surface area contributed by atoms with Crippen molar-refractivity contribution in [2.45, 2.75) is 13.0 Å². The summed E-state index contributed by atoms with van der Waals surface area (Å²) in [5.74, 6) is -0.272. The Hall–Kier alpha value is -2.71. The smallest absolute Gasteiger partial charge is 0.310 e. The molecule has 4 heteroatoms. The third kappa shape index (κ3) is 4.19. The second-order valence-corrected chi connectivity index (χ2v) is 4.19. The Morgan fingerprint density at radius 3 is 2.35 bits per heavy atom. The Bertz CT molecular complexity index is 614. The van der Waals surface area contributed by atoms with Crippen LogP contribution in [0.1, 0.15) is 11.1 Å². The Kier molecular flexibility index (Phi) is 4.81. The van der Waals surface area contributed by atoms with Gasteiger partial charge in [-0.3, -0.25) is 4.79 Å². The molecule has 2 aromatic carbocycles. The largest absolute Gasteiger partial charge is 0.461 e. The minimum atomic E-state index is -0.272. The summed E-state index contributed by atoms with van der Waals surface area (Å²) in [4.78, 5) is 25.2. The fourth-order valence-electron chi connectivity index (χ4n) is 1.70. The van der Waals surface area contributed by atoms with E-state index in [0.29, 0.717) is 5.69 Å². The quantitative estimate of drug-likeness (QED) is 0.475. The van der Waals surface area contributed by atoms with Gasteiger partial charge in [-0.2, -0.15) is 4.99 Å². The molecule has 0 amide bonds. The molecule has 0 aliphatic rings. The van der Waals surface area contributed by atoms with Crippen LogP contribution in [0, 0.1) is 0 Å². The molecule has 20 heavy (non-hydrogen) atoms. The molecule has 0 bridgehead atoms. The van der Waals surface area contributed by atoms with Gasteiger partial charge in [0.2, 0.25) is 6.08 Å². The Morgan fingerprint density at radius 2 is 1.70 bits per heavy atom. The first-order valence-corrected chi connectivity index (χ1v) is 6.14. The van der Waals surface area contributed by atoms with Crippen LogP contribution in [0.15, 0.2) is 59.6 Å². The lowest BCUT2D eigenvalue weighted by Gasteiger charge is -2.05. The molecule has 0 saturated heterocycles. The molecule has 0 radical (unpaired) electrons. The van der Waals surface area contributed by atoms with Gasteiger partial charge < -0.3 is 4.74 Å². The number of hydrogen-bond acceptors (Lipinski definition) is 4. The number of carbonyl (C=O) groups is 1. The molecular formula is C16H13NO3. The van der Waals surface area contributed by atoms with Gasteiger partial charge in [-0.25, -0.2) is 4.79 Å². The lowest BCUT2D eigenvalue weighted by atomic mass is 10.1. The minimum absolute atomic E-state index is 0.205. The number of esters is 1. The van der Waals surface area contributed by atoms with Crippen molar-refractivity contribution < 1.29 is 14.3 Å². The molecule has 0 N–H and O–H groups in total. The van der Waals surface area contributed by atoms with Gasteiger partial charge in [0.1, 0.15) is 6.61 Å². The number of nitrogens with zero attached hydrogens (tertiary/aromatic N) is 1. The number of hydrogen-bond donors (Lipinski definition) is 0. The van der Waals surface area contributed by atoms with E-state index in [2.05, 4.69) is 4.99 Å². The Labute approximate surface area is 116 Å². The molecule has 0 fully saturated rings. The van der Waals surface area contributed by atoms with Crippen molar-refractivity contribution in [2.75, 3.05) is 0 Å². The summed E-state index contributed by atoms with van der Waals surface area (Å²) in [5, 5.41) is 0. The van der Waals surface area contributed by atoms with Gasteiger partial charge in [-0.1, -0.05) is 42.5 Å². The molecule has 2 rings (SSSR count). The van der Waals surface area contributed by atoms with E-state index in [9.17, 15) is 9.59 Å². The minimum Gasteiger partial charge on any atom is -0.461 e. The zero-order chi connectivity index (χ0) is 14.2. The van der Waals surface area contributed by atoms with Crippen molar-refractivity contribution in [3.8, 4) is 0 Å². The molecule has 0 aliphatic carbocycles. The maximum Gasteiger partial charge on any atom is 0.310 e. The van der Waals surface area contributed by atoms with E-state index in [0.717, 1.165) is 11.1 Å². The number of benzene rings is 2. The van der Waals surface area contributed by atoms with Crippen LogP contribution in [0.25, 0.3) is 0 Å². The predicted molar refractivity (Wildman–Crippen MR) is 74.2 cm³/mol. The van der Waals surface area contributed by atoms with Crippen molar-refractivity contribution in [3.05, 3.63) is 65.7 Å². The number of ether oxygens (including phenoxy) is 1. The van der Waals surface area contributed by atoms with Gasteiger partial charge in [0, 0.05) is 0 Å². The van der Waals surface area contributed by atoms with Gasteiger partial charge in [-0.05, 0) is 23.3 Å². The van der Waals surface area contributed by atoms with Gasteiger partial charge in [-0.15, -0.1) is 0 Å². The Balaban J connectivity index is 1.85. The molecule has 2 aromatic rings. The molecular weight excluding hydrogens is 254 g/mol. The van der Waals surface area contributed by atoms with Gasteiger partial charge >= 0.3 is 5.97 Å². The molecule has 0 saturated carbocycles. The van der Waals surface area contributed by atoms with Gasteiger partial charge in [0.25, 0.3) is 0 Å². The predicted octanol–water partition coefficient (Wildman–Crippen LogP) is 2.94. The van der Waals surface area contributed by atoms with E-state index in [4.69, 9.17) is 4.74 Å². The lowest BCUT2D eigenvalue weighted by molar-refractivity contribution is -0.144. The molecule has 100 valence electrons. The topological polar surface area (TPSA) is 55.7 Å². The molecule has 0 aromatic heterocycles. The second kappa shape index (κ2) is 7.02. The normalized spacial score (nSPS) is 9.60. The van der Waals surface area contributed by atoms with Crippen molar-refractivity contribution in [1.82, 2.24) is 0 Å². The summed E-state index contributed by atoms with van der Waals surface area (Å²) < 4.78 is 5.18. The highest BCUT2D eigenvalue weighted by Gasteiger charge is 2.04. The van der Waals surface area contributed by atoms with Crippen molar-refractivity contribution in [1.29, 1.82) is 0 Å². The summed E-state index contributed by atoms with van der Waals surface area (Å²) >= 11 is 0. The van der Waals surface area contributed by atoms with E-state index in [-0.39, 0.29) is 19.0 Å². The van der Waals surface area contributed by atoms with Gasteiger partial charge in [0.05, 0.1) is 12.1 Å². The monoisotopic (exact) mass is 267 g/mol. The first kappa shape index (κ1) is 13.7. The van der Waals surface area contributed by atoms with E-state index in [1.807, 2.05) is 30.3 Å². The van der Waals surface area contributed by atoms with E-state index in [1.54, 1.807) is 24.3 Å². The third-order valence-electron chi connectivity index (χ3n) is 2.70. The van der Waals surface area contributed by atoms with Gasteiger partial charge in [0.15, 0.2) is 0 Å². The van der Waals surface area contributed by atoms with Crippen LogP contribution in [-0.2, 0) is 27.4 Å². The van der Waals surface area contributed by atoms with Crippen LogP contribution in [0.3, 0.4) is 0 Å². The number of carbonyl (C=O) groups excluding carboxylic acids is 2. The van der Waals surface area contributed by atoms with E-state index in [1.165, 1.54) is 6.08 Å². The number of rotatable bonds is 5. The zero-order valence-electron chi connectivity index (χ0n) is 10.8. The summed E-state index contributed by atoms with van der Waals surface area (Å²) in [6.07, 6.45) is 1.73. The molecule has 4 nitrogen and oxygen atoms in total. The van der Waals surface area contributed by atoms with Crippen molar-refractivity contribution >= 4 is 17.7 Å². The third-order valence-corrected chi connectivity index (χ3v) is 2.70. The van der Waals surface area contributed by atoms with Crippen molar-refractivity contribution in [2.24, 2.45) is 4.99 Å². The van der Waals surface area contributed by atoms with Crippen LogP contribution in [0.2, 0.25) is 0 Å². The molecule has 0 aliphatic heterocycles. The van der Waals surface area contributed by atoms with E-state index >= 15 is 0 Å².